The third kappa shape index (κ3) is 4.35. The Morgan fingerprint density at radius 2 is 1.03 bits per heavy atom. The molecule has 0 bridgehead atoms. The van der Waals surface area contributed by atoms with Crippen molar-refractivity contribution < 1.29 is 0 Å². The highest BCUT2D eigenvalue weighted by atomic mass is 28.3. The van der Waals surface area contributed by atoms with E-state index < -0.39 is 8.07 Å². The number of rotatable bonds is 6. The first-order chi connectivity index (χ1) is 19.1. The summed E-state index contributed by atoms with van der Waals surface area (Å²) in [7, 11) is -2.61. The van der Waals surface area contributed by atoms with Crippen LogP contribution in [0.25, 0.3) is 17.1 Å². The highest BCUT2D eigenvalue weighted by Crippen LogP contribution is 2.27. The Labute approximate surface area is 232 Å². The summed E-state index contributed by atoms with van der Waals surface area (Å²) in [6.07, 6.45) is 4.00. The molecule has 6 aromatic rings. The Kier molecular flexibility index (Phi) is 6.60. The molecule has 0 aliphatic carbocycles. The van der Waals surface area contributed by atoms with E-state index in [0.29, 0.717) is 0 Å². The third-order valence-corrected chi connectivity index (χ3v) is 12.5. The van der Waals surface area contributed by atoms with Gasteiger partial charge < -0.3 is 0 Å². The number of imidazole rings is 1. The van der Waals surface area contributed by atoms with Crippen LogP contribution in [0.4, 0.5) is 0 Å². The maximum atomic E-state index is 4.89. The Morgan fingerprint density at radius 3 is 1.54 bits per heavy atom. The fraction of sp³-hybridized carbons (Fsp3) is 0.0833. The molecule has 0 amide bonds. The van der Waals surface area contributed by atoms with Gasteiger partial charge in [0.1, 0.15) is 5.82 Å². The molecule has 0 aliphatic heterocycles. The molecule has 1 aromatic heterocycles. The minimum Gasteiger partial charge on any atom is -0.299 e. The van der Waals surface area contributed by atoms with Gasteiger partial charge in [-0.3, -0.25) is 4.57 Å². The minimum absolute atomic E-state index is 0.962. The highest BCUT2D eigenvalue weighted by Gasteiger charge is 2.41. The molecule has 0 saturated heterocycles. The predicted octanol–water partition coefficient (Wildman–Crippen LogP) is 5.84. The van der Waals surface area contributed by atoms with Gasteiger partial charge in [-0.25, -0.2) is 4.98 Å². The topological polar surface area (TPSA) is 17.8 Å². The first-order valence-corrected chi connectivity index (χ1v) is 15.5. The molecule has 5 aromatic carbocycles. The van der Waals surface area contributed by atoms with E-state index in [4.69, 9.17) is 4.98 Å². The van der Waals surface area contributed by atoms with Crippen LogP contribution in [0.1, 0.15) is 16.7 Å². The van der Waals surface area contributed by atoms with E-state index in [-0.39, 0.29) is 0 Å². The normalized spacial score (nSPS) is 11.5. The van der Waals surface area contributed by atoms with E-state index in [9.17, 15) is 0 Å². The molecule has 6 rings (SSSR count). The van der Waals surface area contributed by atoms with Crippen molar-refractivity contribution in [1.29, 1.82) is 0 Å². The van der Waals surface area contributed by atoms with Crippen LogP contribution in [0.3, 0.4) is 0 Å². The second-order valence-corrected chi connectivity index (χ2v) is 14.1. The summed E-state index contributed by atoms with van der Waals surface area (Å²) >= 11 is 0. The second-order valence-electron chi connectivity index (χ2n) is 10.3. The number of hydrogen-bond donors (Lipinski definition) is 0. The fourth-order valence-electron chi connectivity index (χ4n) is 6.21. The minimum atomic E-state index is -2.61. The highest BCUT2D eigenvalue weighted by molar-refractivity contribution is 7.19. The number of hydrogen-bond acceptors (Lipinski definition) is 1. The quantitative estimate of drug-likeness (QED) is 0.199. The van der Waals surface area contributed by atoms with E-state index >= 15 is 0 Å². The number of benzene rings is 5. The van der Waals surface area contributed by atoms with Gasteiger partial charge in [0.15, 0.2) is 8.07 Å². The smallest absolute Gasteiger partial charge is 0.179 e. The van der Waals surface area contributed by atoms with Crippen LogP contribution in [-0.4, -0.2) is 17.6 Å². The van der Waals surface area contributed by atoms with Crippen molar-refractivity contribution in [3.63, 3.8) is 0 Å². The van der Waals surface area contributed by atoms with E-state index in [0.717, 1.165) is 11.4 Å². The van der Waals surface area contributed by atoms with Crippen molar-refractivity contribution in [2.75, 3.05) is 0 Å². The van der Waals surface area contributed by atoms with E-state index in [1.807, 2.05) is 6.20 Å². The van der Waals surface area contributed by atoms with Crippen molar-refractivity contribution >= 4 is 28.8 Å². The summed E-state index contributed by atoms with van der Waals surface area (Å²) in [5.74, 6) is 0.962. The van der Waals surface area contributed by atoms with Crippen LogP contribution in [0.15, 0.2) is 140 Å². The van der Waals surface area contributed by atoms with Gasteiger partial charge >= 0.3 is 0 Å². The van der Waals surface area contributed by atoms with Crippen LogP contribution >= 0.6 is 0 Å². The average molecular weight is 521 g/mol. The molecule has 0 spiro atoms. The average Bonchev–Trinajstić information content (AvgIpc) is 3.44. The summed E-state index contributed by atoms with van der Waals surface area (Å²) in [6.45, 7) is 6.53. The maximum absolute atomic E-state index is 4.89. The summed E-state index contributed by atoms with van der Waals surface area (Å²) in [5.41, 5.74) is 6.11. The molecule has 39 heavy (non-hydrogen) atoms. The van der Waals surface area contributed by atoms with Crippen molar-refractivity contribution in [3.05, 3.63) is 156 Å². The Bertz CT molecular complexity index is 1600. The number of aryl methyl sites for hydroxylation is 3. The summed E-state index contributed by atoms with van der Waals surface area (Å²) < 4.78 is 2.25. The van der Waals surface area contributed by atoms with Gasteiger partial charge in [-0.2, -0.15) is 0 Å². The predicted molar refractivity (Wildman–Crippen MR) is 167 cm³/mol. The first kappa shape index (κ1) is 24.8. The molecule has 0 radical (unpaired) electrons. The molecule has 190 valence electrons. The lowest BCUT2D eigenvalue weighted by Crippen LogP contribution is -2.74. The monoisotopic (exact) mass is 520 g/mol. The van der Waals surface area contributed by atoms with Crippen molar-refractivity contribution in [2.45, 2.75) is 20.8 Å². The molecule has 0 unspecified atom stereocenters. The Morgan fingerprint density at radius 1 is 0.538 bits per heavy atom. The second kappa shape index (κ2) is 10.4. The number of aromatic nitrogens is 2. The van der Waals surface area contributed by atoms with E-state index in [1.165, 1.54) is 43.1 Å². The third-order valence-electron chi connectivity index (χ3n) is 7.69. The standard InChI is InChI=1S/C36H32N2Si/c1-27-24-28(2)35(29(3)25-27)38-23-22-37-36(38)30-14-13-21-34(26-30)39(31-15-7-4-8-16-31,32-17-9-5-10-18-32)33-19-11-6-12-20-33/h4-26H,1-3H3. The van der Waals surface area contributed by atoms with Gasteiger partial charge in [0.25, 0.3) is 0 Å². The van der Waals surface area contributed by atoms with Crippen LogP contribution in [0.5, 0.6) is 0 Å². The van der Waals surface area contributed by atoms with Gasteiger partial charge in [0.05, 0.1) is 5.69 Å². The SMILES string of the molecule is Cc1cc(C)c(-n2ccnc2-c2cccc([Si](c3ccccc3)(c3ccccc3)c3ccccc3)c2)c(C)c1. The molecular weight excluding hydrogens is 488 g/mol. The largest absolute Gasteiger partial charge is 0.299 e. The fourth-order valence-corrected chi connectivity index (χ4v) is 11.0. The molecule has 2 nitrogen and oxygen atoms in total. The summed E-state index contributed by atoms with van der Waals surface area (Å²) in [6, 6.07) is 46.8. The van der Waals surface area contributed by atoms with Gasteiger partial charge in [-0.15, -0.1) is 0 Å². The molecule has 0 atom stereocenters. The molecule has 0 N–H and O–H groups in total. The number of nitrogens with zero attached hydrogens (tertiary/aromatic N) is 2. The van der Waals surface area contributed by atoms with Gasteiger partial charge in [0, 0.05) is 18.0 Å². The zero-order chi connectivity index (χ0) is 26.8. The van der Waals surface area contributed by atoms with Gasteiger partial charge in [-0.1, -0.05) is 133 Å². The lowest BCUT2D eigenvalue weighted by molar-refractivity contribution is 1.03. The summed E-state index contributed by atoms with van der Waals surface area (Å²) in [4.78, 5) is 4.89. The lowest BCUT2D eigenvalue weighted by atomic mass is 10.0. The van der Waals surface area contributed by atoms with Crippen molar-refractivity contribution in [2.24, 2.45) is 0 Å². The molecule has 0 fully saturated rings. The van der Waals surface area contributed by atoms with Crippen LogP contribution < -0.4 is 20.7 Å². The zero-order valence-corrected chi connectivity index (χ0v) is 23.7. The molecule has 0 aliphatic rings. The molecular formula is C36H32N2Si. The van der Waals surface area contributed by atoms with Crippen LogP contribution in [-0.2, 0) is 0 Å². The maximum Gasteiger partial charge on any atom is 0.179 e. The van der Waals surface area contributed by atoms with Crippen molar-refractivity contribution in [1.82, 2.24) is 9.55 Å². The summed E-state index contributed by atoms with van der Waals surface area (Å²) in [5, 5.41) is 5.45. The van der Waals surface area contributed by atoms with Gasteiger partial charge in [0.2, 0.25) is 0 Å². The Balaban J connectivity index is 1.62. The molecule has 1 heterocycles. The lowest BCUT2D eigenvalue weighted by Gasteiger charge is -2.34. The van der Waals surface area contributed by atoms with Crippen LogP contribution in [0, 0.1) is 20.8 Å². The molecule has 3 heteroatoms. The Hall–Kier alpha value is -4.47. The zero-order valence-electron chi connectivity index (χ0n) is 22.7. The molecule has 0 saturated carbocycles. The van der Waals surface area contributed by atoms with E-state index in [2.05, 4.69) is 159 Å². The van der Waals surface area contributed by atoms with Crippen molar-refractivity contribution in [3.8, 4) is 17.1 Å². The van der Waals surface area contributed by atoms with Crippen LogP contribution in [0.2, 0.25) is 0 Å². The van der Waals surface area contributed by atoms with E-state index in [1.54, 1.807) is 0 Å². The first-order valence-electron chi connectivity index (χ1n) is 13.5. The van der Waals surface area contributed by atoms with Gasteiger partial charge in [-0.05, 0) is 52.6 Å².